The van der Waals surface area contributed by atoms with Crippen LogP contribution in [0.4, 0.5) is 0 Å². The van der Waals surface area contributed by atoms with Gasteiger partial charge in [0.2, 0.25) is 0 Å². The lowest BCUT2D eigenvalue weighted by atomic mass is 9.95. The molecule has 0 unspecified atom stereocenters. The van der Waals surface area contributed by atoms with E-state index in [0.717, 1.165) is 31.1 Å². The number of amides is 1. The first-order valence-corrected chi connectivity index (χ1v) is 12.7. The van der Waals surface area contributed by atoms with E-state index in [9.17, 15) is 9.59 Å². The molecule has 196 valence electrons. The maximum Gasteiger partial charge on any atom is 0.272 e. The minimum atomic E-state index is -0.313. The van der Waals surface area contributed by atoms with Gasteiger partial charge in [-0.25, -0.2) is 0 Å². The predicted molar refractivity (Wildman–Crippen MR) is 144 cm³/mol. The molecule has 38 heavy (non-hydrogen) atoms. The van der Waals surface area contributed by atoms with Crippen LogP contribution < -0.4 is 25.1 Å². The first kappa shape index (κ1) is 25.3. The number of carbonyl (C=O) groups is 1. The molecule has 0 atom stereocenters. The number of hydrogen-bond acceptors (Lipinski definition) is 7. The van der Waals surface area contributed by atoms with Gasteiger partial charge in [-0.3, -0.25) is 14.6 Å². The van der Waals surface area contributed by atoms with Gasteiger partial charge < -0.3 is 19.5 Å². The zero-order chi connectivity index (χ0) is 26.6. The Kier molecular flexibility index (Phi) is 7.26. The molecule has 4 aromatic rings. The van der Waals surface area contributed by atoms with E-state index in [4.69, 9.17) is 14.2 Å². The van der Waals surface area contributed by atoms with E-state index in [1.807, 2.05) is 6.07 Å². The highest BCUT2D eigenvalue weighted by atomic mass is 16.5. The summed E-state index contributed by atoms with van der Waals surface area (Å²) in [5, 5.41) is 8.26. The largest absolute Gasteiger partial charge is 0.493 e. The lowest BCUT2D eigenvalue weighted by Gasteiger charge is -2.23. The Morgan fingerprint density at radius 3 is 2.37 bits per heavy atom. The fraction of sp³-hybridized carbons (Fsp3) is 0.310. The van der Waals surface area contributed by atoms with Gasteiger partial charge in [0.15, 0.2) is 17.2 Å². The third-order valence-corrected chi connectivity index (χ3v) is 6.79. The average Bonchev–Trinajstić information content (AvgIpc) is 2.93. The molecule has 1 fully saturated rings. The zero-order valence-electron chi connectivity index (χ0n) is 21.7. The molecule has 0 radical (unpaired) electrons. The van der Waals surface area contributed by atoms with Crippen molar-refractivity contribution in [3.05, 3.63) is 76.3 Å². The van der Waals surface area contributed by atoms with Crippen LogP contribution in [-0.2, 0) is 0 Å². The molecule has 0 saturated heterocycles. The van der Waals surface area contributed by atoms with Gasteiger partial charge >= 0.3 is 0 Å². The molecule has 0 spiro atoms. The first-order valence-electron chi connectivity index (χ1n) is 12.7. The molecule has 2 heterocycles. The Morgan fingerprint density at radius 1 is 0.947 bits per heavy atom. The van der Waals surface area contributed by atoms with Crippen molar-refractivity contribution in [2.75, 3.05) is 14.2 Å². The fourth-order valence-corrected chi connectivity index (χ4v) is 4.77. The van der Waals surface area contributed by atoms with Crippen LogP contribution in [0.5, 0.6) is 23.0 Å². The Hall–Kier alpha value is -4.40. The van der Waals surface area contributed by atoms with Crippen molar-refractivity contribution in [1.29, 1.82) is 0 Å². The minimum Gasteiger partial charge on any atom is -0.493 e. The van der Waals surface area contributed by atoms with Crippen LogP contribution in [0.3, 0.4) is 0 Å². The zero-order valence-corrected chi connectivity index (χ0v) is 21.7. The van der Waals surface area contributed by atoms with E-state index < -0.39 is 0 Å². The summed E-state index contributed by atoms with van der Waals surface area (Å²) >= 11 is 0. The molecule has 1 aliphatic carbocycles. The van der Waals surface area contributed by atoms with Gasteiger partial charge in [-0.1, -0.05) is 19.3 Å². The number of nitrogens with one attached hydrogen (secondary N) is 1. The summed E-state index contributed by atoms with van der Waals surface area (Å²) in [6, 6.07) is 13.9. The normalized spacial score (nSPS) is 13.8. The molecule has 1 aliphatic rings. The van der Waals surface area contributed by atoms with E-state index in [-0.39, 0.29) is 23.2 Å². The number of hydrogen-bond donors (Lipinski definition) is 1. The number of aromatic nitrogens is 3. The SMILES string of the molecule is COc1cc2nccc(Oc3ccc(-n4nc(C(=O)NC5CCCCC5)c(C)cc4=O)cc3)c2cc1OC. The number of nitrogens with zero attached hydrogens (tertiary/aromatic N) is 3. The second kappa shape index (κ2) is 10.9. The highest BCUT2D eigenvalue weighted by Crippen LogP contribution is 2.36. The molecule has 5 rings (SSSR count). The Morgan fingerprint density at radius 2 is 1.66 bits per heavy atom. The molecule has 1 saturated carbocycles. The number of pyridine rings is 1. The quantitative estimate of drug-likeness (QED) is 0.372. The fourth-order valence-electron chi connectivity index (χ4n) is 4.77. The van der Waals surface area contributed by atoms with Gasteiger partial charge in [0.05, 0.1) is 25.4 Å². The number of rotatable bonds is 7. The highest BCUT2D eigenvalue weighted by Gasteiger charge is 2.20. The molecular weight excluding hydrogens is 484 g/mol. The van der Waals surface area contributed by atoms with E-state index in [2.05, 4.69) is 15.4 Å². The van der Waals surface area contributed by atoms with Crippen LogP contribution in [0.1, 0.15) is 48.2 Å². The highest BCUT2D eigenvalue weighted by molar-refractivity contribution is 5.93. The predicted octanol–water partition coefficient (Wildman–Crippen LogP) is 4.96. The monoisotopic (exact) mass is 514 g/mol. The Labute approximate surface area is 220 Å². The number of fused-ring (bicyclic) bond motifs is 1. The molecule has 9 heteroatoms. The summed E-state index contributed by atoms with van der Waals surface area (Å²) in [4.78, 5) is 30.1. The van der Waals surface area contributed by atoms with Crippen LogP contribution in [-0.4, -0.2) is 40.9 Å². The maximum absolute atomic E-state index is 12.9. The van der Waals surface area contributed by atoms with Crippen LogP contribution in [0, 0.1) is 6.92 Å². The molecule has 1 amide bonds. The van der Waals surface area contributed by atoms with Crippen molar-refractivity contribution in [2.24, 2.45) is 0 Å². The molecule has 1 N–H and O–H groups in total. The molecule has 0 aliphatic heterocycles. The van der Waals surface area contributed by atoms with Gasteiger partial charge in [0.1, 0.15) is 11.5 Å². The number of ether oxygens (including phenoxy) is 3. The number of aryl methyl sites for hydroxylation is 1. The second-order valence-corrected chi connectivity index (χ2v) is 9.36. The Balaban J connectivity index is 1.40. The van der Waals surface area contributed by atoms with Crippen LogP contribution in [0.15, 0.2) is 59.5 Å². The third kappa shape index (κ3) is 5.18. The lowest BCUT2D eigenvalue weighted by molar-refractivity contribution is 0.0920. The summed E-state index contributed by atoms with van der Waals surface area (Å²) in [6.07, 6.45) is 7.03. The van der Waals surface area contributed by atoms with E-state index in [1.54, 1.807) is 63.7 Å². The summed E-state index contributed by atoms with van der Waals surface area (Å²) in [5.74, 6) is 2.06. The number of benzene rings is 2. The van der Waals surface area contributed by atoms with E-state index in [0.29, 0.717) is 39.8 Å². The number of carbonyl (C=O) groups excluding carboxylic acids is 1. The molecule has 0 bridgehead atoms. The lowest BCUT2D eigenvalue weighted by Crippen LogP contribution is -2.38. The van der Waals surface area contributed by atoms with Gasteiger partial charge in [-0.05, 0) is 61.7 Å². The molecule has 2 aromatic heterocycles. The summed E-state index contributed by atoms with van der Waals surface area (Å²) in [5.41, 5.74) is 1.72. The van der Waals surface area contributed by atoms with E-state index in [1.165, 1.54) is 17.2 Å². The number of methoxy groups -OCH3 is 2. The van der Waals surface area contributed by atoms with Crippen molar-refractivity contribution < 1.29 is 19.0 Å². The molecular formula is C29H30N4O5. The third-order valence-electron chi connectivity index (χ3n) is 6.79. The smallest absolute Gasteiger partial charge is 0.272 e. The van der Waals surface area contributed by atoms with E-state index >= 15 is 0 Å². The summed E-state index contributed by atoms with van der Waals surface area (Å²) < 4.78 is 18.2. The first-order chi connectivity index (χ1) is 18.5. The van der Waals surface area contributed by atoms with Crippen molar-refractivity contribution in [3.63, 3.8) is 0 Å². The second-order valence-electron chi connectivity index (χ2n) is 9.36. The van der Waals surface area contributed by atoms with Gasteiger partial charge in [0.25, 0.3) is 11.5 Å². The van der Waals surface area contributed by atoms with Crippen LogP contribution in [0.2, 0.25) is 0 Å². The average molecular weight is 515 g/mol. The van der Waals surface area contributed by atoms with Crippen molar-refractivity contribution in [2.45, 2.75) is 45.1 Å². The standard InChI is InChI=1S/C29H30N4O5/c1-18-15-27(34)33(32-28(18)29(35)31-19-7-5-4-6-8-19)20-9-11-21(12-10-20)38-24-13-14-30-23-17-26(37-3)25(36-2)16-22(23)24/h9-17,19H,4-8H2,1-3H3,(H,31,35). The van der Waals surface area contributed by atoms with Crippen LogP contribution in [0.25, 0.3) is 16.6 Å². The topological polar surface area (TPSA) is 105 Å². The van der Waals surface area contributed by atoms with Crippen molar-refractivity contribution >= 4 is 16.8 Å². The molecule has 2 aromatic carbocycles. The van der Waals surface area contributed by atoms with Gasteiger partial charge in [-0.15, -0.1) is 0 Å². The van der Waals surface area contributed by atoms with Gasteiger partial charge in [0, 0.05) is 29.8 Å². The van der Waals surface area contributed by atoms with Crippen LogP contribution >= 0.6 is 0 Å². The molecule has 9 nitrogen and oxygen atoms in total. The Bertz CT molecular complexity index is 1530. The van der Waals surface area contributed by atoms with Crippen molar-refractivity contribution in [3.8, 4) is 28.7 Å². The summed E-state index contributed by atoms with van der Waals surface area (Å²) in [7, 11) is 3.15. The summed E-state index contributed by atoms with van der Waals surface area (Å²) in [6.45, 7) is 1.73. The van der Waals surface area contributed by atoms with Crippen molar-refractivity contribution in [1.82, 2.24) is 20.1 Å². The van der Waals surface area contributed by atoms with Gasteiger partial charge in [-0.2, -0.15) is 9.78 Å². The minimum absolute atomic E-state index is 0.152. The maximum atomic E-state index is 12.9.